The molecule has 172 valence electrons. The van der Waals surface area contributed by atoms with Crippen LogP contribution in [0.3, 0.4) is 0 Å². The predicted octanol–water partition coefficient (Wildman–Crippen LogP) is 1.68. The van der Waals surface area contributed by atoms with Crippen LogP contribution in [0.2, 0.25) is 0 Å². The van der Waals surface area contributed by atoms with Crippen molar-refractivity contribution in [1.82, 2.24) is 19.9 Å². The molecule has 0 saturated carbocycles. The number of H-pyrrole nitrogens is 2. The Morgan fingerprint density at radius 1 is 0.909 bits per heavy atom. The number of fused-ring (bicyclic) bond motifs is 2. The number of ether oxygens (including phenoxy) is 2. The number of nitrogens with zero attached hydrogens (tertiary/aromatic N) is 2. The molecule has 5 N–H and O–H groups in total. The Bertz CT molecular complexity index is 1410. The first kappa shape index (κ1) is 23.6. The van der Waals surface area contributed by atoms with Gasteiger partial charge in [-0.05, 0) is 12.1 Å². The van der Waals surface area contributed by atoms with Crippen LogP contribution in [0.5, 0.6) is 0 Å². The number of benzene rings is 2. The Balaban J connectivity index is 0.000000189. The van der Waals surface area contributed by atoms with Crippen LogP contribution in [0, 0.1) is 0 Å². The third kappa shape index (κ3) is 5.59. The van der Waals surface area contributed by atoms with E-state index in [1.54, 1.807) is 38.5 Å². The highest BCUT2D eigenvalue weighted by molar-refractivity contribution is 5.88. The number of nitrogens with one attached hydrogen (secondary N) is 3. The molecule has 0 fully saturated rings. The van der Waals surface area contributed by atoms with Gasteiger partial charge in [-0.25, -0.2) is 9.97 Å². The number of carbonyl (C=O) groups is 1. The van der Waals surface area contributed by atoms with Crippen molar-refractivity contribution in [2.75, 3.05) is 25.3 Å². The summed E-state index contributed by atoms with van der Waals surface area (Å²) in [5.41, 5.74) is 7.75. The third-order valence-corrected chi connectivity index (χ3v) is 4.55. The topological polar surface area (TPSA) is 165 Å². The smallest absolute Gasteiger partial charge is 0.260 e. The molecule has 0 radical (unpaired) electrons. The van der Waals surface area contributed by atoms with E-state index in [-0.39, 0.29) is 28.9 Å². The quantitative estimate of drug-likeness (QED) is 0.355. The van der Waals surface area contributed by atoms with Crippen molar-refractivity contribution in [2.24, 2.45) is 0 Å². The summed E-state index contributed by atoms with van der Waals surface area (Å²) in [4.78, 5) is 47.7. The van der Waals surface area contributed by atoms with Crippen molar-refractivity contribution in [1.29, 1.82) is 0 Å². The van der Waals surface area contributed by atoms with Crippen molar-refractivity contribution < 1.29 is 14.3 Å². The summed E-state index contributed by atoms with van der Waals surface area (Å²) in [6.07, 6.45) is 0. The van der Waals surface area contributed by atoms with Crippen molar-refractivity contribution in [2.45, 2.75) is 20.1 Å². The summed E-state index contributed by atoms with van der Waals surface area (Å²) in [6.45, 7) is 2.12. The van der Waals surface area contributed by atoms with E-state index in [4.69, 9.17) is 15.2 Å². The van der Waals surface area contributed by atoms with E-state index in [0.717, 1.165) is 11.1 Å². The number of aromatic nitrogens is 4. The van der Waals surface area contributed by atoms with E-state index >= 15 is 0 Å². The molecule has 0 spiro atoms. The second kappa shape index (κ2) is 10.5. The number of nitrogens with two attached hydrogens (primary N) is 1. The minimum Gasteiger partial charge on any atom is -0.380 e. The van der Waals surface area contributed by atoms with Gasteiger partial charge in [0.1, 0.15) is 0 Å². The SMILES string of the molecule is COCc1cccc2c(=O)[nH]c(N)nc12.COCc1cccc2c(=O)[nH]c(NC(C)=O)nc12. The molecule has 0 unspecified atom stereocenters. The van der Waals surface area contributed by atoms with Gasteiger partial charge in [0.05, 0.1) is 35.0 Å². The lowest BCUT2D eigenvalue weighted by molar-refractivity contribution is -0.114. The molecule has 33 heavy (non-hydrogen) atoms. The van der Waals surface area contributed by atoms with Crippen molar-refractivity contribution in [3.8, 4) is 0 Å². The van der Waals surface area contributed by atoms with Crippen LogP contribution in [-0.2, 0) is 27.5 Å². The van der Waals surface area contributed by atoms with Crippen LogP contribution in [0.15, 0.2) is 46.0 Å². The van der Waals surface area contributed by atoms with Crippen LogP contribution in [0.4, 0.5) is 11.9 Å². The van der Waals surface area contributed by atoms with Crippen LogP contribution >= 0.6 is 0 Å². The van der Waals surface area contributed by atoms with Gasteiger partial charge in [-0.2, -0.15) is 0 Å². The minimum atomic E-state index is -0.290. The van der Waals surface area contributed by atoms with Crippen LogP contribution in [0.25, 0.3) is 21.8 Å². The zero-order chi connectivity index (χ0) is 24.0. The van der Waals surface area contributed by atoms with Gasteiger partial charge in [-0.3, -0.25) is 29.7 Å². The molecule has 2 aromatic carbocycles. The number of carbonyl (C=O) groups excluding carboxylic acids is 1. The summed E-state index contributed by atoms with van der Waals surface area (Å²) in [7, 11) is 3.16. The lowest BCUT2D eigenvalue weighted by Gasteiger charge is -2.06. The summed E-state index contributed by atoms with van der Waals surface area (Å²) >= 11 is 0. The van der Waals surface area contributed by atoms with Crippen molar-refractivity contribution in [3.05, 3.63) is 68.2 Å². The highest BCUT2D eigenvalue weighted by Gasteiger charge is 2.09. The Morgan fingerprint density at radius 2 is 1.42 bits per heavy atom. The minimum absolute atomic E-state index is 0.121. The fourth-order valence-electron chi connectivity index (χ4n) is 3.23. The molecule has 11 nitrogen and oxygen atoms in total. The summed E-state index contributed by atoms with van der Waals surface area (Å²) in [6, 6.07) is 10.6. The molecular weight excluding hydrogens is 428 g/mol. The fraction of sp³-hybridized carbons (Fsp3) is 0.227. The Kier molecular flexibility index (Phi) is 7.49. The highest BCUT2D eigenvalue weighted by atomic mass is 16.5. The zero-order valence-corrected chi connectivity index (χ0v) is 18.4. The van der Waals surface area contributed by atoms with Gasteiger partial charge in [0.15, 0.2) is 0 Å². The number of anilines is 2. The van der Waals surface area contributed by atoms with Gasteiger partial charge in [0, 0.05) is 32.3 Å². The molecule has 4 aromatic rings. The van der Waals surface area contributed by atoms with Gasteiger partial charge >= 0.3 is 0 Å². The first-order valence-corrected chi connectivity index (χ1v) is 9.88. The fourth-order valence-corrected chi connectivity index (χ4v) is 3.23. The first-order valence-electron chi connectivity index (χ1n) is 9.88. The molecule has 0 aliphatic heterocycles. The Hall–Kier alpha value is -4.09. The van der Waals surface area contributed by atoms with E-state index in [9.17, 15) is 14.4 Å². The average molecular weight is 452 g/mol. The summed E-state index contributed by atoms with van der Waals surface area (Å²) in [5.74, 6) is -0.0265. The molecule has 2 heterocycles. The molecule has 11 heteroatoms. The van der Waals surface area contributed by atoms with Gasteiger partial charge in [-0.1, -0.05) is 24.3 Å². The third-order valence-electron chi connectivity index (χ3n) is 4.55. The standard InChI is InChI=1S/C12H13N3O3.C10H11N3O2/c1-7(16)13-12-14-10-8(6-18-2)4-3-5-9(10)11(17)15-12;1-15-5-6-3-2-4-7-8(6)12-10(11)13-9(7)14/h3-5H,6H2,1-2H3,(H2,13,14,15,16,17);2-4H,5H2,1H3,(H3,11,12,13,14). The molecule has 0 bridgehead atoms. The predicted molar refractivity (Wildman–Crippen MR) is 125 cm³/mol. The average Bonchev–Trinajstić information content (AvgIpc) is 2.75. The number of nitrogen functional groups attached to an aromatic ring is 1. The molecule has 1 amide bonds. The highest BCUT2D eigenvalue weighted by Crippen LogP contribution is 2.16. The second-order valence-corrected chi connectivity index (χ2v) is 7.04. The van der Waals surface area contributed by atoms with E-state index in [0.29, 0.717) is 35.0 Å². The summed E-state index contributed by atoms with van der Waals surface area (Å²) in [5, 5.41) is 3.46. The van der Waals surface area contributed by atoms with Crippen LogP contribution < -0.4 is 22.2 Å². The van der Waals surface area contributed by atoms with Crippen LogP contribution in [0.1, 0.15) is 18.1 Å². The largest absolute Gasteiger partial charge is 0.380 e. The van der Waals surface area contributed by atoms with Gasteiger partial charge < -0.3 is 15.2 Å². The normalized spacial score (nSPS) is 10.6. The number of hydrogen-bond acceptors (Lipinski definition) is 8. The molecule has 4 rings (SSSR count). The van der Waals surface area contributed by atoms with Gasteiger partial charge in [-0.15, -0.1) is 0 Å². The Labute approximate surface area is 188 Å². The van der Waals surface area contributed by atoms with Crippen molar-refractivity contribution in [3.63, 3.8) is 0 Å². The van der Waals surface area contributed by atoms with Crippen molar-refractivity contribution >= 4 is 39.6 Å². The number of para-hydroxylation sites is 2. The lowest BCUT2D eigenvalue weighted by atomic mass is 10.1. The monoisotopic (exact) mass is 452 g/mol. The van der Waals surface area contributed by atoms with E-state index in [1.165, 1.54) is 6.92 Å². The number of hydrogen-bond donors (Lipinski definition) is 4. The number of aromatic amines is 2. The van der Waals surface area contributed by atoms with Gasteiger partial charge in [0.25, 0.3) is 11.1 Å². The molecule has 2 aromatic heterocycles. The molecular formula is C22H24N6O5. The maximum absolute atomic E-state index is 11.8. The van der Waals surface area contributed by atoms with E-state index < -0.39 is 0 Å². The zero-order valence-electron chi connectivity index (χ0n) is 18.4. The lowest BCUT2D eigenvalue weighted by Crippen LogP contribution is -2.16. The molecule has 0 aliphatic carbocycles. The Morgan fingerprint density at radius 3 is 1.94 bits per heavy atom. The number of rotatable bonds is 5. The maximum atomic E-state index is 11.8. The summed E-state index contributed by atoms with van der Waals surface area (Å²) < 4.78 is 10.1. The maximum Gasteiger partial charge on any atom is 0.260 e. The second-order valence-electron chi connectivity index (χ2n) is 7.04. The molecule has 0 atom stereocenters. The van der Waals surface area contributed by atoms with E-state index in [1.807, 2.05) is 12.1 Å². The molecule has 0 saturated heterocycles. The number of amides is 1. The van der Waals surface area contributed by atoms with E-state index in [2.05, 4.69) is 25.3 Å². The van der Waals surface area contributed by atoms with Gasteiger partial charge in [0.2, 0.25) is 17.8 Å². The van der Waals surface area contributed by atoms with Crippen LogP contribution in [-0.4, -0.2) is 40.1 Å². The number of methoxy groups -OCH3 is 2. The first-order chi connectivity index (χ1) is 15.8. The molecule has 0 aliphatic rings.